The van der Waals surface area contributed by atoms with E-state index >= 15 is 0 Å². The number of benzene rings is 3. The summed E-state index contributed by atoms with van der Waals surface area (Å²) in [5.41, 5.74) is 10.1. The largest absolute Gasteiger partial charge is 0.507 e. The van der Waals surface area contributed by atoms with Gasteiger partial charge in [-0.2, -0.15) is 0 Å². The summed E-state index contributed by atoms with van der Waals surface area (Å²) in [6.45, 7) is 8.95. The number of aromatic hydroxyl groups is 1. The van der Waals surface area contributed by atoms with Gasteiger partial charge in [0, 0.05) is 32.8 Å². The number of nitrogens with zero attached hydrogens (tertiary/aromatic N) is 4. The summed E-state index contributed by atoms with van der Waals surface area (Å²) in [6, 6.07) is 26.0. The number of hydrogen-bond acceptors (Lipinski definition) is 4. The third-order valence-corrected chi connectivity index (χ3v) is 8.38. The van der Waals surface area contributed by atoms with E-state index in [0.717, 1.165) is 74.5 Å². The zero-order valence-electron chi connectivity index (χ0n) is 24.7. The molecule has 0 atom stereocenters. The van der Waals surface area contributed by atoms with E-state index in [2.05, 4.69) is 92.0 Å². The first kappa shape index (κ1) is 29.0. The fourth-order valence-electron chi connectivity index (χ4n) is 6.26. The van der Waals surface area contributed by atoms with Crippen LogP contribution < -0.4 is 0 Å². The summed E-state index contributed by atoms with van der Waals surface area (Å²) in [7, 11) is 0. The number of rotatable bonds is 5. The van der Waals surface area contributed by atoms with Crippen molar-refractivity contribution in [3.8, 4) is 45.5 Å². The topological polar surface area (TPSA) is 63.8 Å². The van der Waals surface area contributed by atoms with E-state index in [4.69, 9.17) is 9.97 Å². The number of para-hydroxylation sites is 1. The molecule has 3 heterocycles. The molecule has 3 aromatic heterocycles. The first-order chi connectivity index (χ1) is 20.4. The van der Waals surface area contributed by atoms with Crippen LogP contribution in [0.1, 0.15) is 61.8 Å². The van der Waals surface area contributed by atoms with Gasteiger partial charge >= 0.3 is 0 Å². The Bertz CT molecular complexity index is 1940. The number of phenols is 1. The molecule has 0 bridgehead atoms. The van der Waals surface area contributed by atoms with E-state index < -0.39 is 0 Å². The number of pyridine rings is 2. The van der Waals surface area contributed by atoms with E-state index in [1.807, 2.05) is 30.6 Å². The van der Waals surface area contributed by atoms with E-state index in [1.165, 1.54) is 11.1 Å². The van der Waals surface area contributed by atoms with Crippen LogP contribution in [-0.2, 0) is 33.9 Å². The smallest absolute Gasteiger partial charge is 0.125 e. The van der Waals surface area contributed by atoms with Crippen LogP contribution in [0, 0.1) is 6.07 Å². The van der Waals surface area contributed by atoms with Crippen molar-refractivity contribution >= 4 is 10.8 Å². The fourth-order valence-corrected chi connectivity index (χ4v) is 6.26. The fraction of sp³-hybridized carbons (Fsp3) is 0.216. The molecule has 0 spiro atoms. The maximum absolute atomic E-state index is 10.8. The second-order valence-corrected chi connectivity index (χ2v) is 11.8. The average molecular weight is 745 g/mol. The third kappa shape index (κ3) is 5.00. The summed E-state index contributed by atoms with van der Waals surface area (Å²) in [6.07, 6.45) is 7.68. The first-order valence-corrected chi connectivity index (χ1v) is 14.7. The second-order valence-electron chi connectivity index (χ2n) is 11.8. The van der Waals surface area contributed by atoms with Gasteiger partial charge in [0.25, 0.3) is 0 Å². The molecule has 0 saturated carbocycles. The van der Waals surface area contributed by atoms with Crippen molar-refractivity contribution in [2.75, 3.05) is 0 Å². The standard InChI is InChI=1S/C37H33N4O.Pt/c1-22(2)27-12-8-13-28(23(3)4)36(27)41-21-32(40-37(41)30-20-38-19-26-9-5-6-11-29(26)30)31-18-17-25-16-15-24-10-7-14-33(42)34(24)35(25)39-31;/h5-10,12-14,17-23,42H,15-16H2,1-4H3;/q-1;. The molecule has 6 heteroatoms. The number of hydrogen-bond donors (Lipinski definition) is 1. The van der Waals surface area contributed by atoms with Gasteiger partial charge in [-0.1, -0.05) is 69.5 Å². The number of aryl methyl sites for hydroxylation is 2. The summed E-state index contributed by atoms with van der Waals surface area (Å²) in [4.78, 5) is 15.0. The Balaban J connectivity index is 0.00000329. The first-order valence-electron chi connectivity index (χ1n) is 14.7. The van der Waals surface area contributed by atoms with Gasteiger partial charge in [-0.3, -0.25) is 4.98 Å². The zero-order chi connectivity index (χ0) is 29.0. The minimum Gasteiger partial charge on any atom is -0.507 e. The maximum atomic E-state index is 10.8. The van der Waals surface area contributed by atoms with Gasteiger partial charge < -0.3 is 9.67 Å². The molecule has 6 aromatic rings. The number of imidazole rings is 1. The molecule has 1 aliphatic carbocycles. The van der Waals surface area contributed by atoms with Crippen molar-refractivity contribution < 1.29 is 26.2 Å². The second kappa shape index (κ2) is 11.5. The van der Waals surface area contributed by atoms with Crippen molar-refractivity contribution in [2.24, 2.45) is 0 Å². The van der Waals surface area contributed by atoms with Crippen molar-refractivity contribution in [3.05, 3.63) is 114 Å². The Morgan fingerprint density at radius 2 is 1.53 bits per heavy atom. The predicted molar refractivity (Wildman–Crippen MR) is 169 cm³/mol. The van der Waals surface area contributed by atoms with Gasteiger partial charge in [-0.05, 0) is 77.0 Å². The van der Waals surface area contributed by atoms with Crippen molar-refractivity contribution in [1.29, 1.82) is 0 Å². The molecule has 1 aliphatic rings. The summed E-state index contributed by atoms with van der Waals surface area (Å²) < 4.78 is 2.24. The number of aromatic nitrogens is 4. The molecule has 218 valence electrons. The number of fused-ring (bicyclic) bond motifs is 4. The molecule has 0 unspecified atom stereocenters. The van der Waals surface area contributed by atoms with Gasteiger partial charge in [0.15, 0.2) is 0 Å². The molecule has 0 aliphatic heterocycles. The van der Waals surface area contributed by atoms with Crippen LogP contribution in [0.3, 0.4) is 0 Å². The summed E-state index contributed by atoms with van der Waals surface area (Å²) >= 11 is 0. The molecule has 0 saturated heterocycles. The Kier molecular flexibility index (Phi) is 7.79. The van der Waals surface area contributed by atoms with Gasteiger partial charge in [-0.15, -0.1) is 29.7 Å². The van der Waals surface area contributed by atoms with Gasteiger partial charge in [-0.25, -0.2) is 9.97 Å². The van der Waals surface area contributed by atoms with E-state index in [-0.39, 0.29) is 26.8 Å². The van der Waals surface area contributed by atoms with Crippen LogP contribution in [0.4, 0.5) is 0 Å². The SMILES string of the molecule is CC(C)c1cccc(C(C)C)c1-n1cc(-c2ccc3c(n2)-c2c(O)cccc2CC3)nc1-c1cncc2ccc[c-]c12.[Pt]. The molecule has 0 fully saturated rings. The summed E-state index contributed by atoms with van der Waals surface area (Å²) in [5.74, 6) is 1.71. The molecular formula is C37H33N4OPt-. The van der Waals surface area contributed by atoms with Crippen LogP contribution in [-0.4, -0.2) is 24.6 Å². The van der Waals surface area contributed by atoms with Crippen LogP contribution in [0.2, 0.25) is 0 Å². The Hall–Kier alpha value is -4.08. The quantitative estimate of drug-likeness (QED) is 0.180. The van der Waals surface area contributed by atoms with Gasteiger partial charge in [0.1, 0.15) is 17.3 Å². The van der Waals surface area contributed by atoms with E-state index in [0.29, 0.717) is 11.8 Å². The molecule has 7 rings (SSSR count). The van der Waals surface area contributed by atoms with Crippen molar-refractivity contribution in [2.45, 2.75) is 52.4 Å². The summed E-state index contributed by atoms with van der Waals surface area (Å²) in [5, 5.41) is 12.8. The molecule has 3 aromatic carbocycles. The molecule has 0 radical (unpaired) electrons. The predicted octanol–water partition coefficient (Wildman–Crippen LogP) is 8.67. The van der Waals surface area contributed by atoms with Crippen molar-refractivity contribution in [3.63, 3.8) is 0 Å². The average Bonchev–Trinajstić information content (AvgIpc) is 3.45. The van der Waals surface area contributed by atoms with Crippen LogP contribution in [0.25, 0.3) is 50.5 Å². The Morgan fingerprint density at radius 1 is 0.791 bits per heavy atom. The van der Waals surface area contributed by atoms with Crippen LogP contribution in [0.15, 0.2) is 85.3 Å². The normalized spacial score (nSPS) is 12.3. The van der Waals surface area contributed by atoms with Gasteiger partial charge in [0.2, 0.25) is 0 Å². The van der Waals surface area contributed by atoms with Crippen LogP contribution >= 0.6 is 0 Å². The third-order valence-electron chi connectivity index (χ3n) is 8.38. The minimum absolute atomic E-state index is 0. The molecular weight excluding hydrogens is 712 g/mol. The van der Waals surface area contributed by atoms with E-state index in [1.54, 1.807) is 6.07 Å². The molecule has 1 N–H and O–H groups in total. The van der Waals surface area contributed by atoms with Crippen molar-refractivity contribution in [1.82, 2.24) is 19.5 Å². The number of phenolic OH excluding ortho intramolecular Hbond substituents is 1. The monoisotopic (exact) mass is 744 g/mol. The van der Waals surface area contributed by atoms with E-state index in [9.17, 15) is 5.11 Å². The zero-order valence-corrected chi connectivity index (χ0v) is 27.0. The molecule has 0 amide bonds. The maximum Gasteiger partial charge on any atom is 0.125 e. The molecule has 43 heavy (non-hydrogen) atoms. The Morgan fingerprint density at radius 3 is 2.30 bits per heavy atom. The minimum atomic E-state index is 0. The molecule has 5 nitrogen and oxygen atoms in total. The Labute approximate surface area is 267 Å². The van der Waals surface area contributed by atoms with Gasteiger partial charge in [0.05, 0.1) is 17.1 Å². The van der Waals surface area contributed by atoms with Crippen LogP contribution in [0.5, 0.6) is 5.75 Å².